The molecule has 7 nitrogen and oxygen atoms in total. The van der Waals surface area contributed by atoms with Crippen LogP contribution >= 0.6 is 0 Å². The van der Waals surface area contributed by atoms with Gasteiger partial charge in [0.15, 0.2) is 0 Å². The maximum atomic E-state index is 12.5. The van der Waals surface area contributed by atoms with Crippen LogP contribution in [-0.2, 0) is 4.74 Å². The largest absolute Gasteiger partial charge is 0.486 e. The average Bonchev–Trinajstić information content (AvgIpc) is 3.09. The summed E-state index contributed by atoms with van der Waals surface area (Å²) < 4.78 is 11.2. The molecule has 0 aliphatic carbocycles. The van der Waals surface area contributed by atoms with Gasteiger partial charge in [-0.2, -0.15) is 0 Å². The standard InChI is InChI=1S/C17H20N4O3/c1-11-9-14(21-17(18-2)19-11)16(22)20-13-5-3-4-6-15(13)24-12-7-8-23-10-12/h3-6,9,12H,7-8,10H2,1-2H3,(H,20,22)(H,18,19,21). The number of nitrogens with zero attached hydrogens (tertiary/aromatic N) is 2. The molecule has 1 saturated heterocycles. The van der Waals surface area contributed by atoms with Crippen LogP contribution in [0.1, 0.15) is 22.6 Å². The lowest BCUT2D eigenvalue weighted by Crippen LogP contribution is -2.19. The molecule has 1 amide bonds. The first-order valence-corrected chi connectivity index (χ1v) is 7.84. The highest BCUT2D eigenvalue weighted by atomic mass is 16.5. The summed E-state index contributed by atoms with van der Waals surface area (Å²) in [7, 11) is 1.71. The third-order valence-corrected chi connectivity index (χ3v) is 3.63. The van der Waals surface area contributed by atoms with Gasteiger partial charge in [-0.3, -0.25) is 4.79 Å². The van der Waals surface area contributed by atoms with Crippen LogP contribution < -0.4 is 15.4 Å². The minimum absolute atomic E-state index is 0.0141. The molecule has 1 aromatic carbocycles. The first-order chi connectivity index (χ1) is 11.7. The van der Waals surface area contributed by atoms with Crippen molar-refractivity contribution in [2.24, 2.45) is 0 Å². The van der Waals surface area contributed by atoms with Crippen molar-refractivity contribution < 1.29 is 14.3 Å². The maximum absolute atomic E-state index is 12.5. The molecular formula is C17H20N4O3. The van der Waals surface area contributed by atoms with Crippen molar-refractivity contribution in [3.05, 3.63) is 41.7 Å². The van der Waals surface area contributed by atoms with Crippen molar-refractivity contribution >= 4 is 17.5 Å². The Kier molecular flexibility index (Phi) is 4.90. The molecule has 1 fully saturated rings. The number of hydrogen-bond acceptors (Lipinski definition) is 6. The Labute approximate surface area is 140 Å². The molecule has 24 heavy (non-hydrogen) atoms. The molecule has 1 aliphatic heterocycles. The van der Waals surface area contributed by atoms with Crippen LogP contribution in [0.5, 0.6) is 5.75 Å². The van der Waals surface area contributed by atoms with Gasteiger partial charge in [0.05, 0.1) is 18.9 Å². The molecule has 2 aromatic rings. The summed E-state index contributed by atoms with van der Waals surface area (Å²) in [5.41, 5.74) is 1.62. The lowest BCUT2D eigenvalue weighted by molar-refractivity contribution is 0.102. The number of benzene rings is 1. The summed E-state index contributed by atoms with van der Waals surface area (Å²) in [6.07, 6.45) is 0.860. The number of aryl methyl sites for hydroxylation is 1. The topological polar surface area (TPSA) is 85.4 Å². The van der Waals surface area contributed by atoms with Gasteiger partial charge in [0.25, 0.3) is 5.91 Å². The number of anilines is 2. The average molecular weight is 328 g/mol. The van der Waals surface area contributed by atoms with E-state index in [2.05, 4.69) is 20.6 Å². The van der Waals surface area contributed by atoms with Crippen LogP contribution in [-0.4, -0.2) is 42.2 Å². The Hall–Kier alpha value is -2.67. The van der Waals surface area contributed by atoms with Crippen LogP contribution in [0.3, 0.4) is 0 Å². The number of carbonyl (C=O) groups is 1. The molecule has 0 bridgehead atoms. The second kappa shape index (κ2) is 7.27. The van der Waals surface area contributed by atoms with Crippen LogP contribution in [0, 0.1) is 6.92 Å². The van der Waals surface area contributed by atoms with E-state index in [1.807, 2.05) is 25.1 Å². The molecule has 3 rings (SSSR count). The maximum Gasteiger partial charge on any atom is 0.274 e. The Morgan fingerprint density at radius 3 is 2.92 bits per heavy atom. The van der Waals surface area contributed by atoms with Gasteiger partial charge in [-0.05, 0) is 25.1 Å². The Morgan fingerprint density at radius 1 is 1.33 bits per heavy atom. The van der Waals surface area contributed by atoms with E-state index >= 15 is 0 Å². The van der Waals surface area contributed by atoms with E-state index in [0.29, 0.717) is 42.0 Å². The number of hydrogen-bond donors (Lipinski definition) is 2. The van der Waals surface area contributed by atoms with Crippen molar-refractivity contribution in [3.63, 3.8) is 0 Å². The molecular weight excluding hydrogens is 308 g/mol. The van der Waals surface area contributed by atoms with Gasteiger partial charge in [-0.15, -0.1) is 0 Å². The fraction of sp³-hybridized carbons (Fsp3) is 0.353. The van der Waals surface area contributed by atoms with Gasteiger partial charge in [-0.25, -0.2) is 9.97 Å². The highest BCUT2D eigenvalue weighted by Crippen LogP contribution is 2.27. The Balaban J connectivity index is 1.78. The third kappa shape index (κ3) is 3.80. The van der Waals surface area contributed by atoms with Crippen molar-refractivity contribution in [1.82, 2.24) is 9.97 Å². The van der Waals surface area contributed by atoms with Crippen molar-refractivity contribution in [3.8, 4) is 5.75 Å². The molecule has 1 aliphatic rings. The van der Waals surface area contributed by atoms with E-state index in [1.165, 1.54) is 0 Å². The van der Waals surface area contributed by atoms with Gasteiger partial charge >= 0.3 is 0 Å². The van der Waals surface area contributed by atoms with Gasteiger partial charge in [-0.1, -0.05) is 12.1 Å². The lowest BCUT2D eigenvalue weighted by atomic mass is 10.2. The van der Waals surface area contributed by atoms with Crippen molar-refractivity contribution in [2.75, 3.05) is 30.9 Å². The third-order valence-electron chi connectivity index (χ3n) is 3.63. The summed E-state index contributed by atoms with van der Waals surface area (Å²) in [5.74, 6) is 0.726. The number of rotatable bonds is 5. The van der Waals surface area contributed by atoms with E-state index in [-0.39, 0.29) is 12.0 Å². The normalized spacial score (nSPS) is 16.7. The highest BCUT2D eigenvalue weighted by molar-refractivity contribution is 6.03. The molecule has 1 unspecified atom stereocenters. The lowest BCUT2D eigenvalue weighted by Gasteiger charge is -2.16. The van der Waals surface area contributed by atoms with Gasteiger partial charge in [0.2, 0.25) is 5.95 Å². The second-order valence-electron chi connectivity index (χ2n) is 5.52. The van der Waals surface area contributed by atoms with E-state index in [4.69, 9.17) is 9.47 Å². The van der Waals surface area contributed by atoms with Crippen molar-refractivity contribution in [2.45, 2.75) is 19.4 Å². The summed E-state index contributed by atoms with van der Waals surface area (Å²) >= 11 is 0. The minimum Gasteiger partial charge on any atom is -0.486 e. The minimum atomic E-state index is -0.310. The number of para-hydroxylation sites is 2. The van der Waals surface area contributed by atoms with Crippen LogP contribution in [0.15, 0.2) is 30.3 Å². The van der Waals surface area contributed by atoms with Crippen LogP contribution in [0.25, 0.3) is 0 Å². The number of aromatic nitrogens is 2. The molecule has 2 N–H and O–H groups in total. The second-order valence-corrected chi connectivity index (χ2v) is 5.52. The molecule has 0 spiro atoms. The van der Waals surface area contributed by atoms with Crippen LogP contribution in [0.4, 0.5) is 11.6 Å². The summed E-state index contributed by atoms with van der Waals surface area (Å²) in [4.78, 5) is 20.9. The predicted octanol–water partition coefficient (Wildman–Crippen LogP) is 2.25. The molecule has 126 valence electrons. The Bertz CT molecular complexity index is 730. The number of carbonyl (C=O) groups excluding carboxylic acids is 1. The van der Waals surface area contributed by atoms with Crippen LogP contribution in [0.2, 0.25) is 0 Å². The van der Waals surface area contributed by atoms with Gasteiger partial charge < -0.3 is 20.1 Å². The number of amides is 1. The molecule has 0 radical (unpaired) electrons. The molecule has 1 aromatic heterocycles. The van der Waals surface area contributed by atoms with E-state index in [1.54, 1.807) is 19.2 Å². The predicted molar refractivity (Wildman–Crippen MR) is 90.6 cm³/mol. The fourth-order valence-corrected chi connectivity index (χ4v) is 2.44. The highest BCUT2D eigenvalue weighted by Gasteiger charge is 2.19. The first-order valence-electron chi connectivity index (χ1n) is 7.84. The number of ether oxygens (including phenoxy) is 2. The monoisotopic (exact) mass is 328 g/mol. The van der Waals surface area contributed by atoms with E-state index in [0.717, 1.165) is 6.42 Å². The SMILES string of the molecule is CNc1nc(C)cc(C(=O)Nc2ccccc2OC2CCOC2)n1. The zero-order valence-electron chi connectivity index (χ0n) is 13.7. The first kappa shape index (κ1) is 16.2. The van der Waals surface area contributed by atoms with Gasteiger partial charge in [0, 0.05) is 19.2 Å². The quantitative estimate of drug-likeness (QED) is 0.875. The van der Waals surface area contributed by atoms with Gasteiger partial charge in [0.1, 0.15) is 17.5 Å². The number of nitrogens with one attached hydrogen (secondary N) is 2. The van der Waals surface area contributed by atoms with E-state index < -0.39 is 0 Å². The zero-order valence-corrected chi connectivity index (χ0v) is 13.7. The van der Waals surface area contributed by atoms with E-state index in [9.17, 15) is 4.79 Å². The smallest absolute Gasteiger partial charge is 0.274 e. The molecule has 1 atom stereocenters. The molecule has 0 saturated carbocycles. The zero-order chi connectivity index (χ0) is 16.9. The fourth-order valence-electron chi connectivity index (χ4n) is 2.44. The summed E-state index contributed by atoms with van der Waals surface area (Å²) in [6.45, 7) is 3.08. The summed E-state index contributed by atoms with van der Waals surface area (Å²) in [5, 5.41) is 5.70. The summed E-state index contributed by atoms with van der Waals surface area (Å²) in [6, 6.07) is 8.99. The van der Waals surface area contributed by atoms with Crippen molar-refractivity contribution in [1.29, 1.82) is 0 Å². The molecule has 2 heterocycles. The Morgan fingerprint density at radius 2 is 2.17 bits per heavy atom. The molecule has 7 heteroatoms.